The molecule has 0 unspecified atom stereocenters. The van der Waals surface area contributed by atoms with Crippen LogP contribution in [-0.4, -0.2) is 28.0 Å². The Bertz CT molecular complexity index is 832. The van der Waals surface area contributed by atoms with Crippen LogP contribution in [0.25, 0.3) is 11.0 Å². The van der Waals surface area contributed by atoms with Gasteiger partial charge in [0.05, 0.1) is 5.52 Å². The van der Waals surface area contributed by atoms with Crippen LogP contribution in [0.5, 0.6) is 0 Å². The zero-order valence-electron chi connectivity index (χ0n) is 13.8. The average molecular weight is 324 g/mol. The van der Waals surface area contributed by atoms with Gasteiger partial charge in [-0.2, -0.15) is 0 Å². The van der Waals surface area contributed by atoms with Crippen molar-refractivity contribution in [2.24, 2.45) is 5.92 Å². The van der Waals surface area contributed by atoms with E-state index in [0.717, 1.165) is 55.0 Å². The minimum atomic E-state index is -0.164. The Hall–Kier alpha value is -2.43. The van der Waals surface area contributed by atoms with Gasteiger partial charge in [0.1, 0.15) is 17.2 Å². The summed E-state index contributed by atoms with van der Waals surface area (Å²) >= 11 is 0. The summed E-state index contributed by atoms with van der Waals surface area (Å²) in [5.41, 5.74) is 3.23. The van der Waals surface area contributed by atoms with Crippen molar-refractivity contribution in [1.29, 1.82) is 0 Å². The van der Waals surface area contributed by atoms with E-state index in [1.54, 1.807) is 12.1 Å². The van der Waals surface area contributed by atoms with Crippen molar-refractivity contribution in [3.63, 3.8) is 0 Å². The molecule has 0 saturated carbocycles. The van der Waals surface area contributed by atoms with Gasteiger partial charge in [0.15, 0.2) is 5.82 Å². The second-order valence-corrected chi connectivity index (χ2v) is 6.59. The van der Waals surface area contributed by atoms with Crippen molar-refractivity contribution in [3.05, 3.63) is 53.7 Å². The van der Waals surface area contributed by atoms with Gasteiger partial charge >= 0.3 is 0 Å². The lowest BCUT2D eigenvalue weighted by molar-refractivity contribution is 0.402. The fraction of sp³-hybridized carbons (Fsp3) is 0.368. The minimum absolute atomic E-state index is 0.164. The van der Waals surface area contributed by atoms with Crippen molar-refractivity contribution >= 4 is 16.9 Å². The summed E-state index contributed by atoms with van der Waals surface area (Å²) in [5, 5.41) is 0. The lowest BCUT2D eigenvalue weighted by Crippen LogP contribution is -2.35. The summed E-state index contributed by atoms with van der Waals surface area (Å²) in [7, 11) is 0. The molecule has 0 atom stereocenters. The molecular weight excluding hydrogens is 303 g/mol. The number of hydrogen-bond acceptors (Lipinski definition) is 3. The quantitative estimate of drug-likeness (QED) is 0.795. The van der Waals surface area contributed by atoms with Crippen molar-refractivity contribution < 1.29 is 4.39 Å². The van der Waals surface area contributed by atoms with Crippen molar-refractivity contribution in [2.45, 2.75) is 26.2 Å². The maximum absolute atomic E-state index is 13.0. The van der Waals surface area contributed by atoms with E-state index in [2.05, 4.69) is 19.9 Å². The second kappa shape index (κ2) is 6.23. The number of H-pyrrole nitrogens is 1. The van der Waals surface area contributed by atoms with Crippen LogP contribution in [0.2, 0.25) is 0 Å². The Labute approximate surface area is 140 Å². The first-order valence-corrected chi connectivity index (χ1v) is 8.50. The van der Waals surface area contributed by atoms with Gasteiger partial charge in [-0.25, -0.2) is 14.4 Å². The van der Waals surface area contributed by atoms with E-state index in [1.165, 1.54) is 5.56 Å². The topological polar surface area (TPSA) is 44.8 Å². The highest BCUT2D eigenvalue weighted by atomic mass is 19.1. The van der Waals surface area contributed by atoms with E-state index in [1.807, 2.05) is 31.3 Å². The molecule has 1 aliphatic rings. The number of piperidine rings is 1. The molecule has 2 aromatic heterocycles. The van der Waals surface area contributed by atoms with E-state index < -0.39 is 0 Å². The molecule has 3 heterocycles. The first-order valence-electron chi connectivity index (χ1n) is 8.50. The number of nitrogens with zero attached hydrogens (tertiary/aromatic N) is 3. The van der Waals surface area contributed by atoms with Crippen LogP contribution in [0.4, 0.5) is 10.2 Å². The van der Waals surface area contributed by atoms with Gasteiger partial charge in [-0.3, -0.25) is 0 Å². The Morgan fingerprint density at radius 2 is 1.88 bits per heavy atom. The molecule has 4 nitrogen and oxygen atoms in total. The Kier molecular flexibility index (Phi) is 3.92. The maximum atomic E-state index is 13.0. The summed E-state index contributed by atoms with van der Waals surface area (Å²) in [6.07, 6.45) is 5.20. The molecule has 1 N–H and O–H groups in total. The molecule has 1 aliphatic heterocycles. The SMILES string of the molecule is Cc1nc(N2CCC(Cc3ccc(F)cc3)CC2)c2[nH]ccc2n1. The van der Waals surface area contributed by atoms with E-state index in [-0.39, 0.29) is 5.82 Å². The Balaban J connectivity index is 1.45. The number of aryl methyl sites for hydroxylation is 1. The highest BCUT2D eigenvalue weighted by Crippen LogP contribution is 2.28. The molecule has 124 valence electrons. The lowest BCUT2D eigenvalue weighted by atomic mass is 9.90. The molecule has 0 amide bonds. The number of halogens is 1. The minimum Gasteiger partial charge on any atom is -0.357 e. The van der Waals surface area contributed by atoms with Crippen LogP contribution >= 0.6 is 0 Å². The fourth-order valence-electron chi connectivity index (χ4n) is 3.57. The van der Waals surface area contributed by atoms with E-state index in [9.17, 15) is 4.39 Å². The molecule has 4 rings (SSSR count). The third-order valence-corrected chi connectivity index (χ3v) is 4.85. The van der Waals surface area contributed by atoms with E-state index in [4.69, 9.17) is 0 Å². The summed E-state index contributed by atoms with van der Waals surface area (Å²) < 4.78 is 13.0. The van der Waals surface area contributed by atoms with Crippen LogP contribution in [0.15, 0.2) is 36.5 Å². The smallest absolute Gasteiger partial charge is 0.156 e. The standard InChI is InChI=1S/C19H21FN4/c1-13-22-17-6-9-21-18(17)19(23-13)24-10-7-15(8-11-24)12-14-2-4-16(20)5-3-14/h2-6,9,15,21H,7-8,10-12H2,1H3. The monoisotopic (exact) mass is 324 g/mol. The molecule has 1 saturated heterocycles. The zero-order valence-corrected chi connectivity index (χ0v) is 13.8. The van der Waals surface area contributed by atoms with Gasteiger partial charge in [-0.05, 0) is 55.9 Å². The van der Waals surface area contributed by atoms with Gasteiger partial charge in [0, 0.05) is 19.3 Å². The van der Waals surface area contributed by atoms with Crippen LogP contribution in [0, 0.1) is 18.7 Å². The normalized spacial score (nSPS) is 16.0. The number of nitrogens with one attached hydrogen (secondary N) is 1. The Morgan fingerprint density at radius 1 is 1.12 bits per heavy atom. The summed E-state index contributed by atoms with van der Waals surface area (Å²) in [6, 6.07) is 8.90. The summed E-state index contributed by atoms with van der Waals surface area (Å²) in [4.78, 5) is 14.7. The number of anilines is 1. The van der Waals surface area contributed by atoms with Crippen LogP contribution in [0.1, 0.15) is 24.2 Å². The fourth-order valence-corrected chi connectivity index (χ4v) is 3.57. The highest BCUT2D eigenvalue weighted by Gasteiger charge is 2.22. The van der Waals surface area contributed by atoms with Crippen LogP contribution in [-0.2, 0) is 6.42 Å². The summed E-state index contributed by atoms with van der Waals surface area (Å²) in [5.74, 6) is 2.31. The molecule has 0 aliphatic carbocycles. The first kappa shape index (κ1) is 15.1. The number of fused-ring (bicyclic) bond motifs is 1. The molecule has 1 aromatic carbocycles. The third kappa shape index (κ3) is 2.98. The van der Waals surface area contributed by atoms with Gasteiger partial charge in [-0.1, -0.05) is 12.1 Å². The van der Waals surface area contributed by atoms with Gasteiger partial charge in [-0.15, -0.1) is 0 Å². The molecule has 3 aromatic rings. The third-order valence-electron chi connectivity index (χ3n) is 4.85. The van der Waals surface area contributed by atoms with E-state index >= 15 is 0 Å². The number of rotatable bonds is 3. The molecule has 24 heavy (non-hydrogen) atoms. The molecule has 1 fully saturated rings. The first-order chi connectivity index (χ1) is 11.7. The summed E-state index contributed by atoms with van der Waals surface area (Å²) in [6.45, 7) is 3.93. The molecule has 0 radical (unpaired) electrons. The zero-order chi connectivity index (χ0) is 16.5. The highest BCUT2D eigenvalue weighted by molar-refractivity contribution is 5.86. The molecule has 5 heteroatoms. The van der Waals surface area contributed by atoms with Crippen molar-refractivity contribution in [1.82, 2.24) is 15.0 Å². The average Bonchev–Trinajstić information content (AvgIpc) is 3.05. The largest absolute Gasteiger partial charge is 0.357 e. The van der Waals surface area contributed by atoms with Gasteiger partial charge in [0.2, 0.25) is 0 Å². The second-order valence-electron chi connectivity index (χ2n) is 6.59. The number of hydrogen-bond donors (Lipinski definition) is 1. The van der Waals surface area contributed by atoms with Gasteiger partial charge < -0.3 is 9.88 Å². The number of aromatic amines is 1. The van der Waals surface area contributed by atoms with Crippen LogP contribution in [0.3, 0.4) is 0 Å². The van der Waals surface area contributed by atoms with Crippen molar-refractivity contribution in [3.8, 4) is 0 Å². The predicted molar refractivity (Wildman–Crippen MR) is 93.7 cm³/mol. The number of aromatic nitrogens is 3. The van der Waals surface area contributed by atoms with Gasteiger partial charge in [0.25, 0.3) is 0 Å². The predicted octanol–water partition coefficient (Wildman–Crippen LogP) is 3.86. The van der Waals surface area contributed by atoms with E-state index in [0.29, 0.717) is 5.92 Å². The van der Waals surface area contributed by atoms with Crippen LogP contribution < -0.4 is 4.90 Å². The molecular formula is C19H21FN4. The molecule has 0 bridgehead atoms. The van der Waals surface area contributed by atoms with Crippen molar-refractivity contribution in [2.75, 3.05) is 18.0 Å². The number of benzene rings is 1. The maximum Gasteiger partial charge on any atom is 0.156 e. The lowest BCUT2D eigenvalue weighted by Gasteiger charge is -2.33. The molecule has 0 spiro atoms. The Morgan fingerprint density at radius 3 is 2.62 bits per heavy atom.